The Morgan fingerprint density at radius 1 is 1.21 bits per heavy atom. The lowest BCUT2D eigenvalue weighted by Gasteiger charge is -2.36. The Labute approximate surface area is 144 Å². The van der Waals surface area contributed by atoms with Crippen LogP contribution in [0.15, 0.2) is 30.3 Å². The molecule has 2 amide bonds. The van der Waals surface area contributed by atoms with Crippen LogP contribution >= 0.6 is 0 Å². The summed E-state index contributed by atoms with van der Waals surface area (Å²) in [6.45, 7) is 7.67. The van der Waals surface area contributed by atoms with Crippen molar-refractivity contribution in [3.05, 3.63) is 35.9 Å². The van der Waals surface area contributed by atoms with E-state index in [1.807, 2.05) is 51.1 Å². The second-order valence-corrected chi connectivity index (χ2v) is 7.65. The zero-order valence-electron chi connectivity index (χ0n) is 14.9. The standard InChI is InChI=1S/C19H29N3O2/c1-19(2,3)16(20)18(24)22-11-9-15(10-12-22)17(23)21-13-14-7-5-4-6-8-14/h4-8,15-16H,9-13,20H2,1-3H3,(H,21,23)/t16-/m1/s1. The van der Waals surface area contributed by atoms with E-state index in [0.717, 1.165) is 5.56 Å². The molecule has 24 heavy (non-hydrogen) atoms. The van der Waals surface area contributed by atoms with Gasteiger partial charge in [0.25, 0.3) is 0 Å². The summed E-state index contributed by atoms with van der Waals surface area (Å²) in [4.78, 5) is 26.5. The summed E-state index contributed by atoms with van der Waals surface area (Å²) in [6, 6.07) is 9.38. The molecule has 5 nitrogen and oxygen atoms in total. The molecule has 0 saturated carbocycles. The molecule has 1 aromatic rings. The number of hydrogen-bond donors (Lipinski definition) is 2. The summed E-state index contributed by atoms with van der Waals surface area (Å²) in [7, 11) is 0. The highest BCUT2D eigenvalue weighted by Gasteiger charge is 2.34. The van der Waals surface area contributed by atoms with Gasteiger partial charge < -0.3 is 16.0 Å². The van der Waals surface area contributed by atoms with Gasteiger partial charge in [0.15, 0.2) is 0 Å². The van der Waals surface area contributed by atoms with Crippen molar-refractivity contribution in [2.45, 2.75) is 46.2 Å². The van der Waals surface area contributed by atoms with Crippen LogP contribution in [0.1, 0.15) is 39.2 Å². The molecular weight excluding hydrogens is 302 g/mol. The van der Waals surface area contributed by atoms with Crippen LogP contribution in [0.3, 0.4) is 0 Å². The number of likely N-dealkylation sites (tertiary alicyclic amines) is 1. The van der Waals surface area contributed by atoms with Crippen molar-refractivity contribution in [1.82, 2.24) is 10.2 Å². The van der Waals surface area contributed by atoms with Gasteiger partial charge in [-0.1, -0.05) is 51.1 Å². The van der Waals surface area contributed by atoms with E-state index in [1.54, 1.807) is 4.90 Å². The second-order valence-electron chi connectivity index (χ2n) is 7.65. The predicted octanol–water partition coefficient (Wildman–Crippen LogP) is 1.91. The molecule has 1 saturated heterocycles. The molecule has 1 aromatic carbocycles. The van der Waals surface area contributed by atoms with Gasteiger partial charge in [-0.2, -0.15) is 0 Å². The second kappa shape index (κ2) is 7.79. The lowest BCUT2D eigenvalue weighted by molar-refractivity contribution is -0.138. The van der Waals surface area contributed by atoms with Gasteiger partial charge in [-0.25, -0.2) is 0 Å². The molecule has 1 fully saturated rings. The third-order valence-corrected chi connectivity index (χ3v) is 4.69. The SMILES string of the molecule is CC(C)(C)[C@H](N)C(=O)N1CCC(C(=O)NCc2ccccc2)CC1. The first-order chi connectivity index (χ1) is 11.3. The summed E-state index contributed by atoms with van der Waals surface area (Å²) in [5, 5.41) is 2.99. The quantitative estimate of drug-likeness (QED) is 0.885. The molecule has 132 valence electrons. The van der Waals surface area contributed by atoms with E-state index < -0.39 is 6.04 Å². The highest BCUT2D eigenvalue weighted by molar-refractivity contribution is 5.83. The molecule has 5 heteroatoms. The normalized spacial score (nSPS) is 17.4. The van der Waals surface area contributed by atoms with Crippen LogP contribution in [0.5, 0.6) is 0 Å². The Morgan fingerprint density at radius 2 is 1.79 bits per heavy atom. The molecule has 0 unspecified atom stereocenters. The van der Waals surface area contributed by atoms with E-state index in [4.69, 9.17) is 5.73 Å². The Hall–Kier alpha value is -1.88. The number of carbonyl (C=O) groups is 2. The predicted molar refractivity (Wildman–Crippen MR) is 95.0 cm³/mol. The van der Waals surface area contributed by atoms with Crippen molar-refractivity contribution in [1.29, 1.82) is 0 Å². The number of piperidine rings is 1. The number of nitrogens with one attached hydrogen (secondary N) is 1. The van der Waals surface area contributed by atoms with Crippen molar-refractivity contribution >= 4 is 11.8 Å². The van der Waals surface area contributed by atoms with Gasteiger partial charge >= 0.3 is 0 Å². The Balaban J connectivity index is 1.80. The van der Waals surface area contributed by atoms with Gasteiger partial charge in [-0.15, -0.1) is 0 Å². The summed E-state index contributed by atoms with van der Waals surface area (Å²) in [5.41, 5.74) is 6.90. The van der Waals surface area contributed by atoms with Crippen LogP contribution in [-0.2, 0) is 16.1 Å². The highest BCUT2D eigenvalue weighted by Crippen LogP contribution is 2.23. The lowest BCUT2D eigenvalue weighted by atomic mass is 9.85. The minimum atomic E-state index is -0.499. The van der Waals surface area contributed by atoms with Crippen LogP contribution in [0.2, 0.25) is 0 Å². The number of nitrogens with two attached hydrogens (primary N) is 1. The molecule has 3 N–H and O–H groups in total. The molecule has 0 spiro atoms. The zero-order valence-corrected chi connectivity index (χ0v) is 14.9. The minimum Gasteiger partial charge on any atom is -0.352 e. The highest BCUT2D eigenvalue weighted by atomic mass is 16.2. The average molecular weight is 331 g/mol. The Morgan fingerprint density at radius 3 is 2.33 bits per heavy atom. The first kappa shape index (κ1) is 18.5. The number of rotatable bonds is 4. The smallest absolute Gasteiger partial charge is 0.240 e. The maximum atomic E-state index is 12.4. The number of nitrogens with zero attached hydrogens (tertiary/aromatic N) is 1. The van der Waals surface area contributed by atoms with E-state index in [9.17, 15) is 9.59 Å². The summed E-state index contributed by atoms with van der Waals surface area (Å²) in [5.74, 6) is 0.0420. The Kier molecular flexibility index (Phi) is 5.99. The third-order valence-electron chi connectivity index (χ3n) is 4.69. The number of benzene rings is 1. The summed E-state index contributed by atoms with van der Waals surface area (Å²) >= 11 is 0. The minimum absolute atomic E-state index is 0.00866. The molecule has 2 rings (SSSR count). The van der Waals surface area contributed by atoms with Gasteiger partial charge in [0.1, 0.15) is 0 Å². The van der Waals surface area contributed by atoms with Crippen LogP contribution < -0.4 is 11.1 Å². The third kappa shape index (κ3) is 4.81. The largest absolute Gasteiger partial charge is 0.352 e. The molecule has 0 radical (unpaired) electrons. The maximum absolute atomic E-state index is 12.4. The van der Waals surface area contributed by atoms with Crippen molar-refractivity contribution < 1.29 is 9.59 Å². The molecule has 1 aliphatic rings. The van der Waals surface area contributed by atoms with Crippen molar-refractivity contribution in [2.24, 2.45) is 17.1 Å². The molecule has 0 aliphatic carbocycles. The molecule has 0 bridgehead atoms. The van der Waals surface area contributed by atoms with Crippen LogP contribution in [0, 0.1) is 11.3 Å². The molecule has 0 aromatic heterocycles. The summed E-state index contributed by atoms with van der Waals surface area (Å²) < 4.78 is 0. The topological polar surface area (TPSA) is 75.4 Å². The van der Waals surface area contributed by atoms with E-state index in [-0.39, 0.29) is 23.1 Å². The van der Waals surface area contributed by atoms with E-state index in [2.05, 4.69) is 5.32 Å². The van der Waals surface area contributed by atoms with Crippen molar-refractivity contribution in [3.63, 3.8) is 0 Å². The lowest BCUT2D eigenvalue weighted by Crippen LogP contribution is -2.53. The van der Waals surface area contributed by atoms with Gasteiger partial charge in [0, 0.05) is 25.6 Å². The van der Waals surface area contributed by atoms with Crippen LogP contribution in [0.25, 0.3) is 0 Å². The first-order valence-electron chi connectivity index (χ1n) is 8.65. The fourth-order valence-corrected chi connectivity index (χ4v) is 2.86. The van der Waals surface area contributed by atoms with E-state index >= 15 is 0 Å². The zero-order chi connectivity index (χ0) is 17.7. The van der Waals surface area contributed by atoms with Crippen LogP contribution in [0.4, 0.5) is 0 Å². The van der Waals surface area contributed by atoms with Gasteiger partial charge in [0.05, 0.1) is 6.04 Å². The fraction of sp³-hybridized carbons (Fsp3) is 0.579. The number of carbonyl (C=O) groups excluding carboxylic acids is 2. The Bertz CT molecular complexity index is 558. The average Bonchev–Trinajstić information content (AvgIpc) is 2.58. The molecular formula is C19H29N3O2. The van der Waals surface area contributed by atoms with Crippen LogP contribution in [-0.4, -0.2) is 35.8 Å². The number of hydrogen-bond acceptors (Lipinski definition) is 3. The number of amides is 2. The van der Waals surface area contributed by atoms with Gasteiger partial charge in [-0.05, 0) is 23.8 Å². The van der Waals surface area contributed by atoms with E-state index in [0.29, 0.717) is 32.5 Å². The van der Waals surface area contributed by atoms with Gasteiger partial charge in [-0.3, -0.25) is 9.59 Å². The monoisotopic (exact) mass is 331 g/mol. The fourth-order valence-electron chi connectivity index (χ4n) is 2.86. The molecule has 1 atom stereocenters. The first-order valence-corrected chi connectivity index (χ1v) is 8.65. The summed E-state index contributed by atoms with van der Waals surface area (Å²) in [6.07, 6.45) is 1.40. The van der Waals surface area contributed by atoms with Crippen molar-refractivity contribution in [2.75, 3.05) is 13.1 Å². The van der Waals surface area contributed by atoms with E-state index in [1.165, 1.54) is 0 Å². The molecule has 1 heterocycles. The van der Waals surface area contributed by atoms with Crippen molar-refractivity contribution in [3.8, 4) is 0 Å². The van der Waals surface area contributed by atoms with Gasteiger partial charge in [0.2, 0.25) is 11.8 Å². The maximum Gasteiger partial charge on any atom is 0.240 e. The molecule has 1 aliphatic heterocycles.